The maximum Gasteiger partial charge on any atom is 0.410 e. The first-order valence-electron chi connectivity index (χ1n) is 11.7. The average molecular weight is 481 g/mol. The molecule has 1 amide bonds. The van der Waals surface area contributed by atoms with Crippen molar-refractivity contribution in [3.63, 3.8) is 0 Å². The molecule has 184 valence electrons. The van der Waals surface area contributed by atoms with Crippen LogP contribution in [0.15, 0.2) is 60.7 Å². The number of carbonyl (C=O) groups excluding carboxylic acids is 1. The van der Waals surface area contributed by atoms with Gasteiger partial charge in [-0.05, 0) is 62.6 Å². The van der Waals surface area contributed by atoms with Gasteiger partial charge in [0.2, 0.25) is 0 Å². The van der Waals surface area contributed by atoms with Crippen molar-refractivity contribution in [1.82, 2.24) is 4.90 Å². The summed E-state index contributed by atoms with van der Waals surface area (Å²) >= 11 is 0. The van der Waals surface area contributed by atoms with Crippen molar-refractivity contribution in [3.8, 4) is 11.5 Å². The second-order valence-electron chi connectivity index (χ2n) is 9.58. The fourth-order valence-electron chi connectivity index (χ4n) is 4.12. The smallest absolute Gasteiger partial charge is 0.410 e. The van der Waals surface area contributed by atoms with E-state index in [0.717, 1.165) is 16.8 Å². The summed E-state index contributed by atoms with van der Waals surface area (Å²) in [7, 11) is 0. The van der Waals surface area contributed by atoms with Gasteiger partial charge in [-0.1, -0.05) is 43.3 Å². The maximum absolute atomic E-state index is 15.5. The lowest BCUT2D eigenvalue weighted by Gasteiger charge is -2.24. The number of rotatable bonds is 6. The van der Waals surface area contributed by atoms with Crippen LogP contribution >= 0.6 is 0 Å². The first-order valence-corrected chi connectivity index (χ1v) is 11.7. The Balaban J connectivity index is 1.58. The monoisotopic (exact) mass is 480 g/mol. The molecule has 3 aromatic carbocycles. The molecule has 0 spiro atoms. The number of hydrogen-bond donors (Lipinski definition) is 1. The predicted molar refractivity (Wildman–Crippen MR) is 131 cm³/mol. The van der Waals surface area contributed by atoms with Crippen molar-refractivity contribution in [3.05, 3.63) is 89.0 Å². The van der Waals surface area contributed by atoms with Crippen LogP contribution in [0, 0.1) is 11.6 Å². The molecule has 0 unspecified atom stereocenters. The molecule has 35 heavy (non-hydrogen) atoms. The molecule has 1 heterocycles. The summed E-state index contributed by atoms with van der Waals surface area (Å²) in [4.78, 5) is 14.2. The third-order valence-corrected chi connectivity index (χ3v) is 5.79. The van der Waals surface area contributed by atoms with Crippen molar-refractivity contribution >= 4 is 11.8 Å². The van der Waals surface area contributed by atoms with Crippen LogP contribution in [0.3, 0.4) is 0 Å². The van der Waals surface area contributed by atoms with Gasteiger partial charge >= 0.3 is 6.09 Å². The van der Waals surface area contributed by atoms with E-state index in [-0.39, 0.29) is 6.09 Å². The normalized spacial score (nSPS) is 13.8. The van der Waals surface area contributed by atoms with Gasteiger partial charge in [-0.2, -0.15) is 0 Å². The molecular weight excluding hydrogens is 450 g/mol. The second-order valence-corrected chi connectivity index (χ2v) is 9.58. The Morgan fingerprint density at radius 2 is 1.77 bits per heavy atom. The van der Waals surface area contributed by atoms with Crippen LogP contribution in [0.25, 0.3) is 0 Å². The third kappa shape index (κ3) is 5.56. The Morgan fingerprint density at radius 1 is 1.03 bits per heavy atom. The maximum atomic E-state index is 15.5. The molecule has 0 saturated heterocycles. The minimum absolute atomic E-state index is 0.305. The molecular formula is C28H30F2N2O3. The lowest BCUT2D eigenvalue weighted by atomic mass is 10.0. The van der Waals surface area contributed by atoms with E-state index in [1.165, 1.54) is 12.1 Å². The van der Waals surface area contributed by atoms with E-state index >= 15 is 4.39 Å². The molecule has 0 fully saturated rings. The molecule has 0 aliphatic carbocycles. The van der Waals surface area contributed by atoms with Gasteiger partial charge in [0, 0.05) is 17.8 Å². The molecule has 7 heteroatoms. The molecule has 4 rings (SSSR count). The number of halogens is 2. The van der Waals surface area contributed by atoms with E-state index in [4.69, 9.17) is 9.47 Å². The summed E-state index contributed by atoms with van der Waals surface area (Å²) in [6.07, 6.45) is 0.172. The first-order chi connectivity index (χ1) is 16.7. The van der Waals surface area contributed by atoms with E-state index in [1.54, 1.807) is 35.2 Å². The topological polar surface area (TPSA) is 50.8 Å². The number of hydrogen-bond acceptors (Lipinski definition) is 4. The molecule has 1 N–H and O–H groups in total. The zero-order chi connectivity index (χ0) is 25.2. The first kappa shape index (κ1) is 24.5. The Labute approximate surface area is 204 Å². The van der Waals surface area contributed by atoms with Crippen molar-refractivity contribution in [1.29, 1.82) is 0 Å². The number of carbonyl (C=O) groups is 1. The van der Waals surface area contributed by atoms with Gasteiger partial charge in [0.1, 0.15) is 11.4 Å². The Hall–Kier alpha value is -3.61. The highest BCUT2D eigenvalue weighted by Crippen LogP contribution is 2.37. The van der Waals surface area contributed by atoms with Gasteiger partial charge in [-0.15, -0.1) is 0 Å². The SMILES string of the molecule is CC[C@H](Nc1cccc2c1CN(C(=O)OC(C)(C)C)C2)c1ccc(F)c(Oc2ccccc2)c1F. The Kier molecular flexibility index (Phi) is 6.96. The summed E-state index contributed by atoms with van der Waals surface area (Å²) in [6, 6.07) is 16.6. The van der Waals surface area contributed by atoms with Gasteiger partial charge in [0.25, 0.3) is 0 Å². The zero-order valence-corrected chi connectivity index (χ0v) is 20.4. The number of nitrogens with zero attached hydrogens (tertiary/aromatic N) is 1. The van der Waals surface area contributed by atoms with Crippen LogP contribution in [0.2, 0.25) is 0 Å². The van der Waals surface area contributed by atoms with E-state index in [2.05, 4.69) is 5.32 Å². The lowest BCUT2D eigenvalue weighted by molar-refractivity contribution is 0.0242. The van der Waals surface area contributed by atoms with Gasteiger partial charge in [0.05, 0.1) is 12.6 Å². The number of anilines is 1. The van der Waals surface area contributed by atoms with Crippen LogP contribution in [0.1, 0.15) is 56.8 Å². The van der Waals surface area contributed by atoms with Gasteiger partial charge < -0.3 is 14.8 Å². The van der Waals surface area contributed by atoms with Crippen LogP contribution in [-0.4, -0.2) is 16.6 Å². The number of ether oxygens (including phenoxy) is 2. The molecule has 1 atom stereocenters. The fraction of sp³-hybridized carbons (Fsp3) is 0.321. The van der Waals surface area contributed by atoms with E-state index in [1.807, 2.05) is 45.9 Å². The quantitative estimate of drug-likeness (QED) is 0.395. The number of benzene rings is 3. The lowest BCUT2D eigenvalue weighted by Crippen LogP contribution is -2.33. The standard InChI is InChI=1S/C28H30F2N2O3/c1-5-23(20-14-15-22(29)26(25(20)30)34-19-11-7-6-8-12-19)31-24-13-9-10-18-16-32(17-21(18)24)27(33)35-28(2,3)4/h6-15,23,31H,5,16-17H2,1-4H3/t23-/m0/s1. The summed E-state index contributed by atoms with van der Waals surface area (Å²) in [6.45, 7) is 8.25. The zero-order valence-electron chi connectivity index (χ0n) is 20.4. The third-order valence-electron chi connectivity index (χ3n) is 5.79. The molecule has 3 aromatic rings. The molecule has 1 aliphatic heterocycles. The fourth-order valence-corrected chi connectivity index (χ4v) is 4.12. The molecule has 0 aromatic heterocycles. The summed E-state index contributed by atoms with van der Waals surface area (Å²) < 4.78 is 41.0. The summed E-state index contributed by atoms with van der Waals surface area (Å²) in [5.41, 5.74) is 2.48. The Bertz CT molecular complexity index is 1210. The predicted octanol–water partition coefficient (Wildman–Crippen LogP) is 7.57. The molecule has 1 aliphatic rings. The van der Waals surface area contributed by atoms with Crippen molar-refractivity contribution in [2.45, 2.75) is 58.8 Å². The molecule has 5 nitrogen and oxygen atoms in total. The molecule has 0 radical (unpaired) electrons. The van der Waals surface area contributed by atoms with Gasteiger partial charge in [0.15, 0.2) is 17.4 Å². The average Bonchev–Trinajstić information content (AvgIpc) is 3.26. The van der Waals surface area contributed by atoms with Crippen LogP contribution in [0.5, 0.6) is 11.5 Å². The highest BCUT2D eigenvalue weighted by atomic mass is 19.1. The van der Waals surface area contributed by atoms with Crippen molar-refractivity contribution in [2.24, 2.45) is 0 Å². The molecule has 0 saturated carbocycles. The van der Waals surface area contributed by atoms with Crippen LogP contribution in [-0.2, 0) is 17.8 Å². The van der Waals surface area contributed by atoms with E-state index in [9.17, 15) is 9.18 Å². The van der Waals surface area contributed by atoms with Crippen molar-refractivity contribution in [2.75, 3.05) is 5.32 Å². The van der Waals surface area contributed by atoms with E-state index < -0.39 is 29.0 Å². The Morgan fingerprint density at radius 3 is 2.46 bits per heavy atom. The van der Waals surface area contributed by atoms with Gasteiger partial charge in [-0.25, -0.2) is 13.6 Å². The summed E-state index contributed by atoms with van der Waals surface area (Å²) in [5.74, 6) is -1.58. The van der Waals surface area contributed by atoms with Crippen LogP contribution < -0.4 is 10.1 Å². The largest absolute Gasteiger partial charge is 0.451 e. The minimum atomic E-state index is -0.765. The number of nitrogens with one attached hydrogen (secondary N) is 1. The summed E-state index contributed by atoms with van der Waals surface area (Å²) in [5, 5.41) is 3.41. The highest BCUT2D eigenvalue weighted by molar-refractivity contribution is 5.71. The number of para-hydroxylation sites is 1. The highest BCUT2D eigenvalue weighted by Gasteiger charge is 2.30. The number of amides is 1. The van der Waals surface area contributed by atoms with Crippen molar-refractivity contribution < 1.29 is 23.0 Å². The van der Waals surface area contributed by atoms with Gasteiger partial charge in [-0.3, -0.25) is 4.90 Å². The second kappa shape index (κ2) is 9.94. The van der Waals surface area contributed by atoms with E-state index in [0.29, 0.717) is 30.8 Å². The minimum Gasteiger partial charge on any atom is -0.451 e. The van der Waals surface area contributed by atoms with Crippen LogP contribution in [0.4, 0.5) is 19.3 Å². The molecule has 0 bridgehead atoms. The number of fused-ring (bicyclic) bond motifs is 1.